The summed E-state index contributed by atoms with van der Waals surface area (Å²) in [4.78, 5) is 10.2. The predicted molar refractivity (Wildman–Crippen MR) is 108 cm³/mol. The lowest BCUT2D eigenvalue weighted by Gasteiger charge is -2.05. The van der Waals surface area contributed by atoms with Crippen molar-refractivity contribution in [2.45, 2.75) is 6.54 Å². The van der Waals surface area contributed by atoms with Crippen LogP contribution < -0.4 is 19.4 Å². The van der Waals surface area contributed by atoms with E-state index >= 15 is 0 Å². The molecule has 2 aromatic carbocycles. The molecule has 0 aliphatic carbocycles. The Hall–Kier alpha value is -3.17. The number of rotatable bonds is 4. The molecule has 9 heteroatoms. The standard InChI is InChI=1S/C19H14N2O5S2/c1-11-18(8-12-2-4-14(21(23)24)15(22)6-12)28-19(27)20(11)9-13-3-5-16-17(7-13)26-10-25-16/h2-8,22H,1,9-10H2. The van der Waals surface area contributed by atoms with Gasteiger partial charge in [-0.15, -0.1) is 11.3 Å². The van der Waals surface area contributed by atoms with Crippen molar-refractivity contribution >= 4 is 41.9 Å². The molecule has 0 atom stereocenters. The summed E-state index contributed by atoms with van der Waals surface area (Å²) in [7, 11) is 0. The quantitative estimate of drug-likeness (QED) is 0.401. The van der Waals surface area contributed by atoms with E-state index in [9.17, 15) is 15.2 Å². The second-order valence-electron chi connectivity index (χ2n) is 6.10. The second-order valence-corrected chi connectivity index (χ2v) is 7.78. The van der Waals surface area contributed by atoms with E-state index in [0.29, 0.717) is 21.8 Å². The van der Waals surface area contributed by atoms with E-state index in [1.807, 2.05) is 22.8 Å². The van der Waals surface area contributed by atoms with Crippen LogP contribution in [0.15, 0.2) is 36.4 Å². The Morgan fingerprint density at radius 2 is 2.07 bits per heavy atom. The summed E-state index contributed by atoms with van der Waals surface area (Å²) in [5.41, 5.74) is 1.29. The number of thiazole rings is 1. The first kappa shape index (κ1) is 18.2. The molecule has 142 valence electrons. The Labute approximate surface area is 168 Å². The molecule has 0 spiro atoms. The van der Waals surface area contributed by atoms with Crippen LogP contribution >= 0.6 is 23.6 Å². The zero-order valence-corrected chi connectivity index (χ0v) is 16.1. The summed E-state index contributed by atoms with van der Waals surface area (Å²) >= 11 is 6.87. The summed E-state index contributed by atoms with van der Waals surface area (Å²) in [6, 6.07) is 9.92. The third-order valence-corrected chi connectivity index (χ3v) is 5.74. The van der Waals surface area contributed by atoms with Crippen LogP contribution in [0.2, 0.25) is 0 Å². The van der Waals surface area contributed by atoms with Crippen molar-refractivity contribution in [2.24, 2.45) is 0 Å². The highest BCUT2D eigenvalue weighted by Crippen LogP contribution is 2.32. The molecule has 0 bridgehead atoms. The Morgan fingerprint density at radius 3 is 2.82 bits per heavy atom. The first-order valence-corrected chi connectivity index (χ1v) is 9.41. The maximum absolute atomic E-state index is 10.8. The molecule has 1 aliphatic rings. The molecule has 1 aromatic heterocycles. The van der Waals surface area contributed by atoms with Gasteiger partial charge in [-0.2, -0.15) is 0 Å². The molecule has 1 N–H and O–H groups in total. The molecule has 7 nitrogen and oxygen atoms in total. The van der Waals surface area contributed by atoms with Gasteiger partial charge in [0.05, 0.1) is 14.8 Å². The number of phenolic OH excluding ortho intramolecular Hbond substituents is 1. The van der Waals surface area contributed by atoms with Gasteiger partial charge >= 0.3 is 5.69 Å². The highest BCUT2D eigenvalue weighted by Gasteiger charge is 2.14. The normalized spacial score (nSPS) is 13.1. The lowest BCUT2D eigenvalue weighted by molar-refractivity contribution is -0.385. The van der Waals surface area contributed by atoms with Gasteiger partial charge in [0.2, 0.25) is 6.79 Å². The van der Waals surface area contributed by atoms with Gasteiger partial charge in [-0.3, -0.25) is 10.1 Å². The van der Waals surface area contributed by atoms with Crippen LogP contribution in [-0.4, -0.2) is 21.4 Å². The van der Waals surface area contributed by atoms with Crippen molar-refractivity contribution in [3.8, 4) is 17.2 Å². The minimum absolute atomic E-state index is 0.221. The van der Waals surface area contributed by atoms with E-state index in [1.54, 1.807) is 12.1 Å². The van der Waals surface area contributed by atoms with Crippen LogP contribution in [0.4, 0.5) is 5.69 Å². The Morgan fingerprint density at radius 1 is 1.29 bits per heavy atom. The van der Waals surface area contributed by atoms with Gasteiger partial charge in [0.15, 0.2) is 21.2 Å². The number of fused-ring (bicyclic) bond motifs is 1. The number of phenols is 1. The zero-order valence-electron chi connectivity index (χ0n) is 14.5. The molecule has 28 heavy (non-hydrogen) atoms. The summed E-state index contributed by atoms with van der Waals surface area (Å²) in [6.07, 6.45) is 1.79. The number of nitrogens with zero attached hydrogens (tertiary/aromatic N) is 2. The average molecular weight is 414 g/mol. The maximum atomic E-state index is 10.8. The van der Waals surface area contributed by atoms with E-state index in [0.717, 1.165) is 21.2 Å². The Bertz CT molecular complexity index is 1260. The minimum atomic E-state index is -0.627. The smallest absolute Gasteiger partial charge is 0.310 e. The number of benzene rings is 2. The molecule has 0 saturated carbocycles. The summed E-state index contributed by atoms with van der Waals surface area (Å²) in [5.74, 6) is 1.05. The first-order valence-electron chi connectivity index (χ1n) is 8.18. The topological polar surface area (TPSA) is 86.8 Å². The summed E-state index contributed by atoms with van der Waals surface area (Å²) in [5, 5.41) is 21.4. The van der Waals surface area contributed by atoms with Crippen molar-refractivity contribution in [3.63, 3.8) is 0 Å². The first-order chi connectivity index (χ1) is 13.4. The maximum Gasteiger partial charge on any atom is 0.310 e. The van der Waals surface area contributed by atoms with Crippen LogP contribution in [0.25, 0.3) is 12.7 Å². The number of hydrogen-bond acceptors (Lipinski definition) is 7. The minimum Gasteiger partial charge on any atom is -0.502 e. The number of ether oxygens (including phenoxy) is 2. The van der Waals surface area contributed by atoms with Crippen molar-refractivity contribution in [2.75, 3.05) is 6.79 Å². The van der Waals surface area contributed by atoms with Crippen LogP contribution in [0.5, 0.6) is 17.2 Å². The number of aromatic nitrogens is 1. The van der Waals surface area contributed by atoms with Gasteiger partial charge < -0.3 is 19.1 Å². The fourth-order valence-corrected chi connectivity index (χ4v) is 4.22. The molecule has 0 saturated heterocycles. The number of hydrogen-bond donors (Lipinski definition) is 1. The van der Waals surface area contributed by atoms with Gasteiger partial charge in [-0.25, -0.2) is 0 Å². The molecule has 4 rings (SSSR count). The van der Waals surface area contributed by atoms with Gasteiger partial charge in [0.25, 0.3) is 0 Å². The third kappa shape index (κ3) is 3.37. The fraction of sp³-hybridized carbons (Fsp3) is 0.105. The van der Waals surface area contributed by atoms with E-state index < -0.39 is 4.92 Å². The highest BCUT2D eigenvalue weighted by atomic mass is 32.1. The molecule has 0 radical (unpaired) electrons. The predicted octanol–water partition coefficient (Wildman–Crippen LogP) is 2.91. The van der Waals surface area contributed by atoms with Crippen molar-refractivity contribution in [1.82, 2.24) is 4.57 Å². The molecule has 0 fully saturated rings. The monoisotopic (exact) mass is 414 g/mol. The van der Waals surface area contributed by atoms with E-state index in [-0.39, 0.29) is 18.2 Å². The lowest BCUT2D eigenvalue weighted by Crippen LogP contribution is -2.27. The fourth-order valence-electron chi connectivity index (χ4n) is 2.88. The van der Waals surface area contributed by atoms with Crippen molar-refractivity contribution in [1.29, 1.82) is 0 Å². The molecule has 2 heterocycles. The third-order valence-electron chi connectivity index (χ3n) is 4.30. The molecular formula is C19H14N2O5S2. The van der Waals surface area contributed by atoms with Crippen LogP contribution in [0, 0.1) is 14.1 Å². The molecule has 0 amide bonds. The zero-order chi connectivity index (χ0) is 19.8. The highest BCUT2D eigenvalue weighted by molar-refractivity contribution is 7.73. The largest absolute Gasteiger partial charge is 0.502 e. The van der Waals surface area contributed by atoms with Gasteiger partial charge in [-0.1, -0.05) is 12.6 Å². The Kier molecular flexibility index (Phi) is 4.62. The van der Waals surface area contributed by atoms with Crippen molar-refractivity contribution in [3.05, 3.63) is 71.5 Å². The number of nitro groups is 1. The van der Waals surface area contributed by atoms with Crippen LogP contribution in [0.1, 0.15) is 11.1 Å². The number of nitro benzene ring substituents is 1. The summed E-state index contributed by atoms with van der Waals surface area (Å²) in [6.45, 7) is 4.88. The number of aromatic hydroxyl groups is 1. The van der Waals surface area contributed by atoms with E-state index in [4.69, 9.17) is 21.7 Å². The van der Waals surface area contributed by atoms with E-state index in [2.05, 4.69) is 6.58 Å². The average Bonchev–Trinajstić information content (AvgIpc) is 3.21. The van der Waals surface area contributed by atoms with Crippen molar-refractivity contribution < 1.29 is 19.5 Å². The SMILES string of the molecule is C=c1c(=Cc2ccc([N+](=O)[O-])c(O)c2)sc(=S)n1Cc1ccc2c(c1)OCO2. The van der Waals surface area contributed by atoms with Crippen LogP contribution in [-0.2, 0) is 6.54 Å². The molecule has 1 aliphatic heterocycles. The van der Waals surface area contributed by atoms with E-state index in [1.165, 1.54) is 23.5 Å². The van der Waals surface area contributed by atoms with Gasteiger partial charge in [0.1, 0.15) is 0 Å². The second kappa shape index (κ2) is 7.10. The molecule has 0 unspecified atom stereocenters. The summed E-state index contributed by atoms with van der Waals surface area (Å²) < 4.78 is 14.1. The molecule has 3 aromatic rings. The lowest BCUT2D eigenvalue weighted by atomic mass is 10.2. The Balaban J connectivity index is 1.69. The van der Waals surface area contributed by atoms with Gasteiger partial charge in [0, 0.05) is 12.6 Å². The molecular weight excluding hydrogens is 400 g/mol. The van der Waals surface area contributed by atoms with Gasteiger partial charge in [-0.05, 0) is 53.7 Å². The van der Waals surface area contributed by atoms with Crippen LogP contribution in [0.3, 0.4) is 0 Å².